The van der Waals surface area contributed by atoms with E-state index in [1.54, 1.807) is 41.3 Å². The Bertz CT molecular complexity index is 1290. The Morgan fingerprint density at radius 3 is 2.25 bits per heavy atom. The average Bonchev–Trinajstić information content (AvgIpc) is 3.15. The van der Waals surface area contributed by atoms with Crippen LogP contribution in [0.2, 0.25) is 0 Å². The molecule has 3 atom stereocenters. The predicted molar refractivity (Wildman–Crippen MR) is 119 cm³/mol. The number of benzene rings is 3. The minimum absolute atomic E-state index is 0.147. The van der Waals surface area contributed by atoms with Crippen molar-refractivity contribution < 1.29 is 9.18 Å². The first-order valence-corrected chi connectivity index (χ1v) is 10.3. The van der Waals surface area contributed by atoms with E-state index in [2.05, 4.69) is 12.1 Å². The van der Waals surface area contributed by atoms with Gasteiger partial charge in [-0.2, -0.15) is 10.5 Å². The molecule has 0 unspecified atom stereocenters. The van der Waals surface area contributed by atoms with Gasteiger partial charge in [0.1, 0.15) is 18.0 Å². The van der Waals surface area contributed by atoms with Crippen molar-refractivity contribution in [2.75, 3.05) is 4.90 Å². The summed E-state index contributed by atoms with van der Waals surface area (Å²) in [5.74, 6) is -2.04. The van der Waals surface area contributed by atoms with Gasteiger partial charge >= 0.3 is 0 Å². The van der Waals surface area contributed by atoms with Crippen molar-refractivity contribution in [3.8, 4) is 12.1 Å². The summed E-state index contributed by atoms with van der Waals surface area (Å²) in [4.78, 5) is 15.6. The quantitative estimate of drug-likeness (QED) is 0.553. The molecule has 3 aromatic carbocycles. The molecular formula is C27H18FN3O. The molecule has 5 heteroatoms. The van der Waals surface area contributed by atoms with Crippen LogP contribution in [0.3, 0.4) is 0 Å². The first kappa shape index (κ1) is 19.7. The number of fused-ring (bicyclic) bond motifs is 3. The summed E-state index contributed by atoms with van der Waals surface area (Å²) in [6.45, 7) is 0. The van der Waals surface area contributed by atoms with Gasteiger partial charge in [0.05, 0.1) is 12.0 Å². The standard InChI is InChI=1S/C27H18FN3O/c28-21-13-10-19(11-14-21)25-24(26(32)20-7-2-1-3-8-20)23-15-12-18-6-4-5-9-22(18)31(23)27(25,16-29)17-30/h1-15,23-25H/t23-,24+,25-/m1/s1. The SMILES string of the molecule is N#CC1(C#N)[C@H](c2ccc(F)cc2)[C@@H](C(=O)c2ccccc2)[C@H]2C=Cc3ccccc3N21. The highest BCUT2D eigenvalue weighted by atomic mass is 19.1. The van der Waals surface area contributed by atoms with Crippen molar-refractivity contribution in [2.24, 2.45) is 5.92 Å². The zero-order valence-corrected chi connectivity index (χ0v) is 17.0. The number of ketones is 1. The number of halogens is 1. The van der Waals surface area contributed by atoms with Gasteiger partial charge in [0.2, 0.25) is 5.54 Å². The van der Waals surface area contributed by atoms with Gasteiger partial charge in [-0.1, -0.05) is 72.8 Å². The lowest BCUT2D eigenvalue weighted by Crippen LogP contribution is -2.48. The predicted octanol–water partition coefficient (Wildman–Crippen LogP) is 5.11. The Morgan fingerprint density at radius 1 is 0.906 bits per heavy atom. The normalized spacial score (nSPS) is 22.3. The van der Waals surface area contributed by atoms with E-state index in [9.17, 15) is 19.7 Å². The van der Waals surface area contributed by atoms with Crippen molar-refractivity contribution in [3.05, 3.63) is 107 Å². The fourth-order valence-corrected chi connectivity index (χ4v) is 5.10. The monoisotopic (exact) mass is 419 g/mol. The fraction of sp³-hybridized carbons (Fsp3) is 0.148. The third kappa shape index (κ3) is 2.76. The number of nitrogens with zero attached hydrogens (tertiary/aromatic N) is 3. The molecule has 4 nitrogen and oxygen atoms in total. The van der Waals surface area contributed by atoms with Crippen LogP contribution in [-0.2, 0) is 0 Å². The van der Waals surface area contributed by atoms with Gasteiger partial charge in [-0.15, -0.1) is 0 Å². The molecule has 1 saturated heterocycles. The maximum atomic E-state index is 13.8. The maximum absolute atomic E-state index is 13.8. The average molecular weight is 419 g/mol. The third-order valence-electron chi connectivity index (χ3n) is 6.46. The Kier molecular flexibility index (Phi) is 4.61. The topological polar surface area (TPSA) is 67.9 Å². The van der Waals surface area contributed by atoms with Crippen molar-refractivity contribution >= 4 is 17.5 Å². The summed E-state index contributed by atoms with van der Waals surface area (Å²) in [7, 11) is 0. The molecule has 2 aliphatic rings. The summed E-state index contributed by atoms with van der Waals surface area (Å²) in [6, 6.07) is 26.2. The van der Waals surface area contributed by atoms with Gasteiger partial charge in [0.25, 0.3) is 0 Å². The van der Waals surface area contributed by atoms with E-state index >= 15 is 0 Å². The Hall–Kier alpha value is -4.22. The molecule has 0 radical (unpaired) electrons. The lowest BCUT2D eigenvalue weighted by molar-refractivity contribution is 0.0906. The third-order valence-corrected chi connectivity index (χ3v) is 6.46. The highest BCUT2D eigenvalue weighted by molar-refractivity contribution is 6.01. The Morgan fingerprint density at radius 2 is 1.56 bits per heavy atom. The van der Waals surface area contributed by atoms with Crippen molar-refractivity contribution in [1.82, 2.24) is 0 Å². The van der Waals surface area contributed by atoms with Crippen LogP contribution in [0.1, 0.15) is 27.4 Å². The first-order valence-electron chi connectivity index (χ1n) is 10.3. The molecule has 0 bridgehead atoms. The van der Waals surface area contributed by atoms with Gasteiger partial charge in [0, 0.05) is 17.2 Å². The molecule has 0 aromatic heterocycles. The van der Waals surface area contributed by atoms with Crippen LogP contribution in [-0.4, -0.2) is 17.4 Å². The van der Waals surface area contributed by atoms with Gasteiger partial charge in [0.15, 0.2) is 5.78 Å². The number of hydrogen-bond donors (Lipinski definition) is 0. The maximum Gasteiger partial charge on any atom is 0.223 e. The molecular weight excluding hydrogens is 401 g/mol. The van der Waals surface area contributed by atoms with Crippen molar-refractivity contribution in [2.45, 2.75) is 17.5 Å². The number of hydrogen-bond acceptors (Lipinski definition) is 4. The molecule has 0 amide bonds. The van der Waals surface area contributed by atoms with Crippen LogP contribution in [0, 0.1) is 34.4 Å². The number of anilines is 1. The molecule has 1 fully saturated rings. The van der Waals surface area contributed by atoms with Crippen molar-refractivity contribution in [1.29, 1.82) is 10.5 Å². The molecule has 32 heavy (non-hydrogen) atoms. The van der Waals surface area contributed by atoms with Crippen LogP contribution in [0.5, 0.6) is 0 Å². The second-order valence-electron chi connectivity index (χ2n) is 8.05. The van der Waals surface area contributed by atoms with Gasteiger partial charge in [-0.05, 0) is 29.3 Å². The van der Waals surface area contributed by atoms with E-state index < -0.39 is 29.2 Å². The van der Waals surface area contributed by atoms with E-state index in [0.29, 0.717) is 11.1 Å². The number of nitriles is 2. The zero-order chi connectivity index (χ0) is 22.3. The number of rotatable bonds is 3. The lowest BCUT2D eigenvalue weighted by Gasteiger charge is -2.37. The molecule has 0 N–H and O–H groups in total. The summed E-state index contributed by atoms with van der Waals surface area (Å²) in [6.07, 6.45) is 3.84. The van der Waals surface area contributed by atoms with Gasteiger partial charge in [-0.3, -0.25) is 4.79 Å². The van der Waals surface area contributed by atoms with E-state index in [0.717, 1.165) is 11.3 Å². The molecule has 0 saturated carbocycles. The van der Waals surface area contributed by atoms with E-state index in [-0.39, 0.29) is 5.78 Å². The molecule has 154 valence electrons. The molecule has 3 aromatic rings. The van der Waals surface area contributed by atoms with Crippen LogP contribution < -0.4 is 4.90 Å². The van der Waals surface area contributed by atoms with E-state index in [1.165, 1.54) is 12.1 Å². The minimum atomic E-state index is -1.64. The highest BCUT2D eigenvalue weighted by Gasteiger charge is 2.63. The van der Waals surface area contributed by atoms with Crippen LogP contribution in [0.25, 0.3) is 6.08 Å². The number of Topliss-reactive ketones (excluding diaryl/α,β-unsaturated/α-hetero) is 1. The summed E-state index contributed by atoms with van der Waals surface area (Å²) >= 11 is 0. The number of carbonyl (C=O) groups excluding carboxylic acids is 1. The second kappa shape index (κ2) is 7.48. The minimum Gasteiger partial charge on any atom is -0.333 e. The Labute approximate surface area is 185 Å². The van der Waals surface area contributed by atoms with Gasteiger partial charge < -0.3 is 4.90 Å². The fourth-order valence-electron chi connectivity index (χ4n) is 5.10. The smallest absolute Gasteiger partial charge is 0.223 e. The van der Waals surface area contributed by atoms with E-state index in [4.69, 9.17) is 0 Å². The first-order chi connectivity index (χ1) is 15.6. The Balaban J connectivity index is 1.78. The van der Waals surface area contributed by atoms with Gasteiger partial charge in [-0.25, -0.2) is 4.39 Å². The van der Waals surface area contributed by atoms with Crippen molar-refractivity contribution in [3.63, 3.8) is 0 Å². The molecule has 0 aliphatic carbocycles. The number of para-hydroxylation sites is 1. The number of carbonyl (C=O) groups is 1. The summed E-state index contributed by atoms with van der Waals surface area (Å²) < 4.78 is 13.7. The largest absolute Gasteiger partial charge is 0.333 e. The molecule has 0 spiro atoms. The van der Waals surface area contributed by atoms with Crippen LogP contribution in [0.15, 0.2) is 84.9 Å². The molecule has 2 aliphatic heterocycles. The van der Waals surface area contributed by atoms with E-state index in [1.807, 2.05) is 42.5 Å². The van der Waals surface area contributed by atoms with Crippen LogP contribution in [0.4, 0.5) is 10.1 Å². The lowest BCUT2D eigenvalue weighted by atomic mass is 9.72. The summed E-state index contributed by atoms with van der Waals surface area (Å²) in [5, 5.41) is 20.8. The van der Waals surface area contributed by atoms with Crippen LogP contribution >= 0.6 is 0 Å². The molecule has 5 rings (SSSR count). The summed E-state index contributed by atoms with van der Waals surface area (Å²) in [5.41, 5.74) is 1.08. The second-order valence-corrected chi connectivity index (χ2v) is 8.05. The molecule has 2 heterocycles. The zero-order valence-electron chi connectivity index (χ0n) is 17.0. The highest BCUT2D eigenvalue weighted by Crippen LogP contribution is 2.54.